The molecule has 0 spiro atoms. The number of hydrogen-bond acceptors (Lipinski definition) is 6. The predicted octanol–water partition coefficient (Wildman–Crippen LogP) is 3.88. The molecule has 1 saturated carbocycles. The Kier molecular flexibility index (Phi) is 5.79. The van der Waals surface area contributed by atoms with Gasteiger partial charge in [0.05, 0.1) is 35.5 Å². The van der Waals surface area contributed by atoms with Crippen molar-refractivity contribution in [3.63, 3.8) is 0 Å². The summed E-state index contributed by atoms with van der Waals surface area (Å²) in [5, 5.41) is 5.71. The topological polar surface area (TPSA) is 92.7 Å². The molecule has 0 radical (unpaired) electrons. The van der Waals surface area contributed by atoms with Crippen molar-refractivity contribution < 1.29 is 18.0 Å². The van der Waals surface area contributed by atoms with Gasteiger partial charge in [-0.3, -0.25) is 4.79 Å². The van der Waals surface area contributed by atoms with Crippen LogP contribution in [0.2, 0.25) is 0 Å². The molecule has 0 aliphatic heterocycles. The van der Waals surface area contributed by atoms with Gasteiger partial charge in [-0.1, -0.05) is 18.2 Å². The second-order valence-electron chi connectivity index (χ2n) is 7.22. The fourth-order valence-corrected chi connectivity index (χ4v) is 3.04. The van der Waals surface area contributed by atoms with Crippen LogP contribution in [0.1, 0.15) is 46.1 Å². The number of alkyl halides is 3. The summed E-state index contributed by atoms with van der Waals surface area (Å²) >= 11 is 0. The summed E-state index contributed by atoms with van der Waals surface area (Å²) in [7, 11) is 0. The number of benzene rings is 1. The number of rotatable bonds is 7. The number of nitrogens with zero attached hydrogens (tertiary/aromatic N) is 4. The Balaban J connectivity index is 1.46. The van der Waals surface area contributed by atoms with Crippen molar-refractivity contribution in [1.29, 1.82) is 0 Å². The molecule has 31 heavy (non-hydrogen) atoms. The third-order valence-electron chi connectivity index (χ3n) is 4.78. The first-order valence-electron chi connectivity index (χ1n) is 9.73. The van der Waals surface area contributed by atoms with Gasteiger partial charge in [-0.25, -0.2) is 19.9 Å². The van der Waals surface area contributed by atoms with E-state index in [1.807, 2.05) is 0 Å². The van der Waals surface area contributed by atoms with Gasteiger partial charge in [0.25, 0.3) is 5.91 Å². The molecule has 0 bridgehead atoms. The Hall–Kier alpha value is -3.56. The van der Waals surface area contributed by atoms with Gasteiger partial charge in [0.1, 0.15) is 6.33 Å². The Morgan fingerprint density at radius 2 is 1.90 bits per heavy atom. The van der Waals surface area contributed by atoms with E-state index in [-0.39, 0.29) is 24.5 Å². The van der Waals surface area contributed by atoms with E-state index in [0.29, 0.717) is 17.2 Å². The minimum Gasteiger partial charge on any atom is -0.350 e. The van der Waals surface area contributed by atoms with E-state index in [0.717, 1.165) is 30.7 Å². The molecule has 1 amide bonds. The lowest BCUT2D eigenvalue weighted by Crippen LogP contribution is -2.28. The van der Waals surface area contributed by atoms with Crippen molar-refractivity contribution >= 4 is 17.4 Å². The van der Waals surface area contributed by atoms with Crippen LogP contribution in [-0.4, -0.2) is 32.4 Å². The molecule has 10 heteroatoms. The quantitative estimate of drug-likeness (QED) is 0.593. The number of carbonyl (C=O) groups is 1. The van der Waals surface area contributed by atoms with Crippen molar-refractivity contribution in [3.8, 4) is 0 Å². The maximum Gasteiger partial charge on any atom is 0.416 e. The number of aromatic nitrogens is 4. The zero-order valence-corrected chi connectivity index (χ0v) is 16.4. The Morgan fingerprint density at radius 1 is 1.13 bits per heavy atom. The first-order valence-corrected chi connectivity index (χ1v) is 9.73. The van der Waals surface area contributed by atoms with Gasteiger partial charge >= 0.3 is 6.18 Å². The van der Waals surface area contributed by atoms with E-state index >= 15 is 0 Å². The SMILES string of the molecule is O=C(NCCc1cccc(C(F)(F)F)c1)c1nc(C2CC2)cnc1Nc1cncnc1. The lowest BCUT2D eigenvalue weighted by atomic mass is 10.1. The summed E-state index contributed by atoms with van der Waals surface area (Å²) in [5.41, 5.74) is 1.19. The number of amides is 1. The smallest absolute Gasteiger partial charge is 0.350 e. The fraction of sp³-hybridized carbons (Fsp3) is 0.286. The molecule has 1 aromatic carbocycles. The third kappa shape index (κ3) is 5.33. The largest absolute Gasteiger partial charge is 0.416 e. The lowest BCUT2D eigenvalue weighted by molar-refractivity contribution is -0.137. The van der Waals surface area contributed by atoms with Crippen LogP contribution < -0.4 is 10.6 Å². The monoisotopic (exact) mass is 428 g/mol. The highest BCUT2D eigenvalue weighted by Gasteiger charge is 2.30. The lowest BCUT2D eigenvalue weighted by Gasteiger charge is -2.12. The van der Waals surface area contributed by atoms with Crippen LogP contribution in [0.15, 0.2) is 49.2 Å². The standard InChI is InChI=1S/C21H19F3N6O/c22-21(23,24)15-3-1-2-13(8-15)6-7-27-20(31)18-19(29-16-9-25-12-26-10-16)28-11-17(30-18)14-4-5-14/h1-3,8-12,14H,4-7H2,(H,27,31)(H,28,29). The maximum atomic E-state index is 12.9. The second-order valence-corrected chi connectivity index (χ2v) is 7.22. The molecule has 160 valence electrons. The summed E-state index contributed by atoms with van der Waals surface area (Å²) in [5.74, 6) is 0.107. The molecule has 3 aromatic rings. The minimum atomic E-state index is -4.40. The number of carbonyl (C=O) groups excluding carboxylic acids is 1. The summed E-state index contributed by atoms with van der Waals surface area (Å²) in [6.07, 6.45) is 3.96. The van der Waals surface area contributed by atoms with Crippen molar-refractivity contribution in [2.24, 2.45) is 0 Å². The van der Waals surface area contributed by atoms with Crippen LogP contribution in [-0.2, 0) is 12.6 Å². The normalized spacial score (nSPS) is 13.6. The molecule has 2 N–H and O–H groups in total. The average molecular weight is 428 g/mol. The van der Waals surface area contributed by atoms with E-state index < -0.39 is 17.6 Å². The van der Waals surface area contributed by atoms with Crippen molar-refractivity contribution in [2.75, 3.05) is 11.9 Å². The van der Waals surface area contributed by atoms with Gasteiger partial charge in [0.2, 0.25) is 0 Å². The molecule has 7 nitrogen and oxygen atoms in total. The average Bonchev–Trinajstić information content (AvgIpc) is 3.60. The van der Waals surface area contributed by atoms with Crippen LogP contribution in [0.25, 0.3) is 0 Å². The van der Waals surface area contributed by atoms with Crippen molar-refractivity contribution in [3.05, 3.63) is 71.7 Å². The van der Waals surface area contributed by atoms with E-state index in [2.05, 4.69) is 30.6 Å². The van der Waals surface area contributed by atoms with Gasteiger partial charge < -0.3 is 10.6 Å². The summed E-state index contributed by atoms with van der Waals surface area (Å²) in [6.45, 7) is 0.156. The van der Waals surface area contributed by atoms with Crippen LogP contribution in [0.5, 0.6) is 0 Å². The summed E-state index contributed by atoms with van der Waals surface area (Å²) in [4.78, 5) is 29.5. The molecule has 1 fully saturated rings. The van der Waals surface area contributed by atoms with E-state index in [1.54, 1.807) is 24.7 Å². The highest BCUT2D eigenvalue weighted by molar-refractivity contribution is 5.97. The molecular weight excluding hydrogens is 409 g/mol. The molecule has 0 saturated heterocycles. The van der Waals surface area contributed by atoms with Gasteiger partial charge in [-0.2, -0.15) is 13.2 Å². The van der Waals surface area contributed by atoms with Gasteiger partial charge in [-0.05, 0) is 30.9 Å². The predicted molar refractivity (Wildman–Crippen MR) is 107 cm³/mol. The molecule has 0 unspecified atom stereocenters. The minimum absolute atomic E-state index is 0.122. The van der Waals surface area contributed by atoms with E-state index in [9.17, 15) is 18.0 Å². The van der Waals surface area contributed by atoms with Gasteiger partial charge in [0.15, 0.2) is 11.5 Å². The summed E-state index contributed by atoms with van der Waals surface area (Å²) < 4.78 is 38.6. The van der Waals surface area contributed by atoms with Crippen LogP contribution in [0.3, 0.4) is 0 Å². The number of anilines is 2. The molecule has 1 aliphatic rings. The molecular formula is C21H19F3N6O. The van der Waals surface area contributed by atoms with Gasteiger partial charge in [-0.15, -0.1) is 0 Å². The zero-order chi connectivity index (χ0) is 21.8. The summed E-state index contributed by atoms with van der Waals surface area (Å²) in [6, 6.07) is 5.06. The van der Waals surface area contributed by atoms with Crippen LogP contribution >= 0.6 is 0 Å². The number of hydrogen-bond donors (Lipinski definition) is 2. The Morgan fingerprint density at radius 3 is 2.61 bits per heavy atom. The second kappa shape index (κ2) is 8.66. The molecule has 1 aliphatic carbocycles. The fourth-order valence-electron chi connectivity index (χ4n) is 3.04. The highest BCUT2D eigenvalue weighted by atomic mass is 19.4. The van der Waals surface area contributed by atoms with Crippen molar-refractivity contribution in [2.45, 2.75) is 31.4 Å². The number of halogens is 3. The molecule has 2 heterocycles. The van der Waals surface area contributed by atoms with Crippen LogP contribution in [0, 0.1) is 0 Å². The maximum absolute atomic E-state index is 12.9. The number of nitrogens with one attached hydrogen (secondary N) is 2. The highest BCUT2D eigenvalue weighted by Crippen LogP contribution is 2.39. The van der Waals surface area contributed by atoms with Crippen LogP contribution in [0.4, 0.5) is 24.7 Å². The van der Waals surface area contributed by atoms with Gasteiger partial charge in [0, 0.05) is 12.5 Å². The zero-order valence-electron chi connectivity index (χ0n) is 16.4. The Labute approximate surface area is 176 Å². The first kappa shape index (κ1) is 20.7. The first-order chi connectivity index (χ1) is 14.9. The van der Waals surface area contributed by atoms with E-state index in [4.69, 9.17) is 0 Å². The molecule has 0 atom stereocenters. The van der Waals surface area contributed by atoms with Crippen molar-refractivity contribution in [1.82, 2.24) is 25.3 Å². The third-order valence-corrected chi connectivity index (χ3v) is 4.78. The van der Waals surface area contributed by atoms with E-state index in [1.165, 1.54) is 12.4 Å². The Bertz CT molecular complexity index is 1070. The molecule has 2 aromatic heterocycles. The molecule has 4 rings (SSSR count).